The average molecular weight is 365 g/mol. The molecule has 6 nitrogen and oxygen atoms in total. The van der Waals surface area contributed by atoms with Gasteiger partial charge in [-0.2, -0.15) is 0 Å². The second kappa shape index (κ2) is 6.81. The molecule has 0 aliphatic carbocycles. The molecule has 6 heteroatoms. The molecule has 0 atom stereocenters. The van der Waals surface area contributed by atoms with Gasteiger partial charge in [0.15, 0.2) is 0 Å². The minimum Gasteiger partial charge on any atom is -0.497 e. The number of ether oxygens (including phenoxy) is 2. The number of nitrogens with zero attached hydrogens (tertiary/aromatic N) is 1. The molecule has 0 saturated heterocycles. The zero-order valence-electron chi connectivity index (χ0n) is 15.1. The van der Waals surface area contributed by atoms with Crippen molar-refractivity contribution in [2.45, 2.75) is 13.2 Å². The van der Waals surface area contributed by atoms with Crippen LogP contribution in [0.5, 0.6) is 11.5 Å². The average Bonchev–Trinajstić information content (AvgIpc) is 2.99. The highest BCUT2D eigenvalue weighted by atomic mass is 16.5. The van der Waals surface area contributed by atoms with E-state index in [1.54, 1.807) is 13.2 Å². The number of fused-ring (bicyclic) bond motifs is 3. The fourth-order valence-electron chi connectivity index (χ4n) is 3.41. The number of hydrogen-bond donors (Lipinski definition) is 1. The van der Waals surface area contributed by atoms with E-state index in [1.807, 2.05) is 54.1 Å². The number of aliphatic hydroxyl groups excluding tert-OH is 1. The summed E-state index contributed by atoms with van der Waals surface area (Å²) < 4.78 is 18.4. The van der Waals surface area contributed by atoms with Gasteiger partial charge in [-0.1, -0.05) is 12.1 Å². The maximum absolute atomic E-state index is 12.5. The Labute approximate surface area is 155 Å². The third-order valence-corrected chi connectivity index (χ3v) is 4.77. The first-order valence-electron chi connectivity index (χ1n) is 8.53. The quantitative estimate of drug-likeness (QED) is 0.549. The zero-order valence-corrected chi connectivity index (χ0v) is 15.1. The van der Waals surface area contributed by atoms with Crippen molar-refractivity contribution in [2.24, 2.45) is 7.05 Å². The van der Waals surface area contributed by atoms with Crippen molar-refractivity contribution < 1.29 is 19.0 Å². The summed E-state index contributed by atoms with van der Waals surface area (Å²) in [5.74, 6) is 1.41. The van der Waals surface area contributed by atoms with Gasteiger partial charge in [-0.15, -0.1) is 0 Å². The van der Waals surface area contributed by atoms with Crippen LogP contribution in [-0.4, -0.2) is 16.8 Å². The van der Waals surface area contributed by atoms with Gasteiger partial charge >= 0.3 is 5.63 Å². The lowest BCUT2D eigenvalue weighted by atomic mass is 10.1. The Hall–Kier alpha value is -3.25. The number of benzene rings is 2. The molecule has 0 bridgehead atoms. The lowest BCUT2D eigenvalue weighted by Gasteiger charge is -2.10. The molecule has 0 spiro atoms. The van der Waals surface area contributed by atoms with Crippen LogP contribution >= 0.6 is 0 Å². The molecule has 27 heavy (non-hydrogen) atoms. The minimum atomic E-state index is -0.459. The van der Waals surface area contributed by atoms with Crippen LogP contribution in [0, 0.1) is 0 Å². The Morgan fingerprint density at radius 3 is 2.48 bits per heavy atom. The van der Waals surface area contributed by atoms with E-state index >= 15 is 0 Å². The van der Waals surface area contributed by atoms with Crippen LogP contribution in [0.1, 0.15) is 11.3 Å². The molecule has 0 radical (unpaired) electrons. The topological polar surface area (TPSA) is 73.8 Å². The second-order valence-corrected chi connectivity index (χ2v) is 6.22. The summed E-state index contributed by atoms with van der Waals surface area (Å²) in [4.78, 5) is 12.5. The number of hydrogen-bond acceptors (Lipinski definition) is 5. The molecule has 0 aliphatic heterocycles. The standard InChI is InChI=1S/C21H19NO5/c1-22-17(12-26-14-9-7-13(25-2)8-10-14)16(11-23)19-20(22)15-5-3-4-6-18(15)27-21(19)24/h3-10,23H,11-12H2,1-2H3. The first kappa shape index (κ1) is 17.2. The Morgan fingerprint density at radius 2 is 1.78 bits per heavy atom. The van der Waals surface area contributed by atoms with E-state index in [4.69, 9.17) is 13.9 Å². The van der Waals surface area contributed by atoms with Gasteiger partial charge < -0.3 is 23.6 Å². The predicted octanol–water partition coefficient (Wildman–Crippen LogP) is 3.36. The van der Waals surface area contributed by atoms with E-state index in [9.17, 15) is 9.90 Å². The Morgan fingerprint density at radius 1 is 1.07 bits per heavy atom. The van der Waals surface area contributed by atoms with Crippen molar-refractivity contribution in [3.63, 3.8) is 0 Å². The van der Waals surface area contributed by atoms with E-state index in [0.717, 1.165) is 22.3 Å². The fraction of sp³-hybridized carbons (Fsp3) is 0.190. The largest absolute Gasteiger partial charge is 0.497 e. The summed E-state index contributed by atoms with van der Waals surface area (Å²) in [6.45, 7) is -0.0666. The van der Waals surface area contributed by atoms with Gasteiger partial charge in [0, 0.05) is 18.0 Å². The molecule has 1 N–H and O–H groups in total. The van der Waals surface area contributed by atoms with Gasteiger partial charge in [0.2, 0.25) is 0 Å². The number of aliphatic hydroxyl groups is 1. The molecular formula is C21H19NO5. The van der Waals surface area contributed by atoms with Crippen LogP contribution in [0.4, 0.5) is 0 Å². The maximum Gasteiger partial charge on any atom is 0.346 e. The van der Waals surface area contributed by atoms with Gasteiger partial charge in [-0.05, 0) is 36.4 Å². The number of para-hydroxylation sites is 1. The van der Waals surface area contributed by atoms with Crippen molar-refractivity contribution in [3.8, 4) is 11.5 Å². The molecule has 0 fully saturated rings. The van der Waals surface area contributed by atoms with Gasteiger partial charge in [0.05, 0.1) is 30.3 Å². The zero-order chi connectivity index (χ0) is 19.0. The smallest absolute Gasteiger partial charge is 0.346 e. The third-order valence-electron chi connectivity index (χ3n) is 4.77. The third kappa shape index (κ3) is 2.84. The molecule has 138 valence electrons. The Kier molecular flexibility index (Phi) is 4.33. The molecule has 2 aromatic carbocycles. The fourth-order valence-corrected chi connectivity index (χ4v) is 3.41. The first-order chi connectivity index (χ1) is 13.1. The van der Waals surface area contributed by atoms with E-state index < -0.39 is 5.63 Å². The summed E-state index contributed by atoms with van der Waals surface area (Å²) in [6, 6.07) is 14.6. The van der Waals surface area contributed by atoms with Crippen molar-refractivity contribution >= 4 is 21.9 Å². The number of aryl methyl sites for hydroxylation is 1. The molecular weight excluding hydrogens is 346 g/mol. The molecule has 4 rings (SSSR count). The number of methoxy groups -OCH3 is 1. The van der Waals surface area contributed by atoms with Gasteiger partial charge in [0.25, 0.3) is 0 Å². The van der Waals surface area contributed by atoms with E-state index in [0.29, 0.717) is 22.3 Å². The number of rotatable bonds is 5. The van der Waals surface area contributed by atoms with E-state index in [2.05, 4.69) is 0 Å². The molecule has 0 unspecified atom stereocenters. The van der Waals surface area contributed by atoms with E-state index in [1.165, 1.54) is 0 Å². The van der Waals surface area contributed by atoms with E-state index in [-0.39, 0.29) is 13.2 Å². The summed E-state index contributed by atoms with van der Waals surface area (Å²) in [7, 11) is 3.47. The number of aromatic nitrogens is 1. The van der Waals surface area contributed by atoms with Crippen molar-refractivity contribution in [1.29, 1.82) is 0 Å². The molecule has 2 heterocycles. The normalized spacial score (nSPS) is 11.2. The minimum absolute atomic E-state index is 0.209. The van der Waals surface area contributed by atoms with Crippen LogP contribution < -0.4 is 15.1 Å². The molecule has 0 saturated carbocycles. The lowest BCUT2D eigenvalue weighted by molar-refractivity contribution is 0.266. The van der Waals surface area contributed by atoms with Gasteiger partial charge in [0.1, 0.15) is 23.7 Å². The highest BCUT2D eigenvalue weighted by Crippen LogP contribution is 2.30. The van der Waals surface area contributed by atoms with Gasteiger partial charge in [-0.25, -0.2) is 4.79 Å². The van der Waals surface area contributed by atoms with Crippen LogP contribution in [0.2, 0.25) is 0 Å². The summed E-state index contributed by atoms with van der Waals surface area (Å²) in [6.07, 6.45) is 0. The highest BCUT2D eigenvalue weighted by Gasteiger charge is 2.21. The van der Waals surface area contributed by atoms with Crippen LogP contribution in [0.15, 0.2) is 57.7 Å². The van der Waals surface area contributed by atoms with Crippen LogP contribution in [0.3, 0.4) is 0 Å². The monoisotopic (exact) mass is 365 g/mol. The SMILES string of the molecule is COc1ccc(OCc2c(CO)c3c(=O)oc4ccccc4c3n2C)cc1. The van der Waals surface area contributed by atoms with Crippen molar-refractivity contribution in [2.75, 3.05) is 7.11 Å². The Balaban J connectivity index is 1.82. The first-order valence-corrected chi connectivity index (χ1v) is 8.53. The van der Waals surface area contributed by atoms with Crippen LogP contribution in [-0.2, 0) is 20.3 Å². The van der Waals surface area contributed by atoms with Crippen molar-refractivity contribution in [3.05, 3.63) is 70.2 Å². The second-order valence-electron chi connectivity index (χ2n) is 6.22. The predicted molar refractivity (Wildman–Crippen MR) is 102 cm³/mol. The molecule has 2 aromatic heterocycles. The van der Waals surface area contributed by atoms with Crippen LogP contribution in [0.25, 0.3) is 21.9 Å². The summed E-state index contributed by atoms with van der Waals surface area (Å²) in [5, 5.41) is 11.1. The molecule has 0 aliphatic rings. The van der Waals surface area contributed by atoms with Gasteiger partial charge in [-0.3, -0.25) is 0 Å². The summed E-state index contributed by atoms with van der Waals surface area (Å²) in [5.41, 5.74) is 2.05. The molecule has 0 amide bonds. The molecule has 4 aromatic rings. The Bertz CT molecular complexity index is 1170. The van der Waals surface area contributed by atoms with Crippen molar-refractivity contribution in [1.82, 2.24) is 4.57 Å². The highest BCUT2D eigenvalue weighted by molar-refractivity contribution is 6.04. The summed E-state index contributed by atoms with van der Waals surface area (Å²) >= 11 is 0. The lowest BCUT2D eigenvalue weighted by Crippen LogP contribution is -2.05. The maximum atomic E-state index is 12.5.